The number of rotatable bonds is 1. The molecule has 1 aromatic heterocycles. The van der Waals surface area contributed by atoms with Crippen LogP contribution in [0.1, 0.15) is 5.56 Å². The van der Waals surface area contributed by atoms with Gasteiger partial charge in [0.25, 0.3) is 0 Å². The first kappa shape index (κ1) is 10.5. The number of nitrogens with zero attached hydrogens (tertiary/aromatic N) is 3. The fraction of sp³-hybridized carbons (Fsp3) is 0. The molecule has 0 saturated carbocycles. The van der Waals surface area contributed by atoms with Gasteiger partial charge in [0.15, 0.2) is 0 Å². The topological polar surface area (TPSA) is 49.6 Å². The smallest absolute Gasteiger partial charge is 0.133 e. The van der Waals surface area contributed by atoms with Crippen molar-refractivity contribution < 1.29 is 4.39 Å². The summed E-state index contributed by atoms with van der Waals surface area (Å²) < 4.78 is 13.2. The molecule has 0 amide bonds. The fourth-order valence-corrected chi connectivity index (χ4v) is 1.44. The van der Waals surface area contributed by atoms with E-state index in [0.717, 1.165) is 6.07 Å². The number of aromatic nitrogens is 2. The van der Waals surface area contributed by atoms with Gasteiger partial charge in [-0.1, -0.05) is 11.6 Å². The molecule has 16 heavy (non-hydrogen) atoms. The van der Waals surface area contributed by atoms with E-state index in [4.69, 9.17) is 16.9 Å². The maximum absolute atomic E-state index is 13.2. The van der Waals surface area contributed by atoms with Crippen LogP contribution in [-0.4, -0.2) is 9.97 Å². The van der Waals surface area contributed by atoms with E-state index in [1.807, 2.05) is 6.07 Å². The maximum Gasteiger partial charge on any atom is 0.133 e. The van der Waals surface area contributed by atoms with Crippen LogP contribution < -0.4 is 0 Å². The highest BCUT2D eigenvalue weighted by atomic mass is 35.5. The zero-order chi connectivity index (χ0) is 11.5. The fourth-order valence-electron chi connectivity index (χ4n) is 1.29. The minimum absolute atomic E-state index is 0.240. The van der Waals surface area contributed by atoms with Crippen LogP contribution in [0, 0.1) is 17.1 Å². The zero-order valence-corrected chi connectivity index (χ0v) is 8.74. The first-order valence-corrected chi connectivity index (χ1v) is 4.75. The van der Waals surface area contributed by atoms with Crippen LogP contribution in [-0.2, 0) is 0 Å². The van der Waals surface area contributed by atoms with Gasteiger partial charge in [-0.25, -0.2) is 14.4 Å². The molecule has 78 valence electrons. The van der Waals surface area contributed by atoms with E-state index in [0.29, 0.717) is 11.3 Å². The lowest BCUT2D eigenvalue weighted by Gasteiger charge is -2.01. The van der Waals surface area contributed by atoms with Crippen LogP contribution in [0.2, 0.25) is 5.15 Å². The van der Waals surface area contributed by atoms with Gasteiger partial charge in [0.1, 0.15) is 17.3 Å². The van der Waals surface area contributed by atoms with Crippen LogP contribution >= 0.6 is 11.6 Å². The molecule has 1 heterocycles. The third kappa shape index (κ3) is 2.15. The Hall–Kier alpha value is -1.99. The number of hydrogen-bond donors (Lipinski definition) is 0. The summed E-state index contributed by atoms with van der Waals surface area (Å²) in [5, 5.41) is 8.98. The quantitative estimate of drug-likeness (QED) is 0.712. The highest BCUT2D eigenvalue weighted by molar-refractivity contribution is 6.29. The van der Waals surface area contributed by atoms with E-state index in [-0.39, 0.29) is 10.7 Å². The van der Waals surface area contributed by atoms with E-state index in [1.54, 1.807) is 6.07 Å². The maximum atomic E-state index is 13.2. The van der Waals surface area contributed by atoms with Crippen molar-refractivity contribution in [2.75, 3.05) is 0 Å². The van der Waals surface area contributed by atoms with Crippen molar-refractivity contribution in [1.29, 1.82) is 5.26 Å². The molecular formula is C11H5ClFN3. The van der Waals surface area contributed by atoms with Gasteiger partial charge in [0, 0.05) is 11.6 Å². The van der Waals surface area contributed by atoms with E-state index in [2.05, 4.69) is 9.97 Å². The largest absolute Gasteiger partial charge is 0.236 e. The Morgan fingerprint density at radius 1 is 1.19 bits per heavy atom. The number of benzene rings is 1. The molecule has 0 saturated heterocycles. The lowest BCUT2D eigenvalue weighted by molar-refractivity contribution is 0.628. The van der Waals surface area contributed by atoms with Crippen molar-refractivity contribution in [3.63, 3.8) is 0 Å². The molecular weight excluding hydrogens is 229 g/mol. The summed E-state index contributed by atoms with van der Waals surface area (Å²) in [6.45, 7) is 0. The van der Waals surface area contributed by atoms with Crippen LogP contribution in [0.5, 0.6) is 0 Å². The van der Waals surface area contributed by atoms with E-state index < -0.39 is 5.82 Å². The minimum Gasteiger partial charge on any atom is -0.236 e. The van der Waals surface area contributed by atoms with Crippen molar-refractivity contribution >= 4 is 11.6 Å². The Balaban J connectivity index is 2.56. The highest BCUT2D eigenvalue weighted by Gasteiger charge is 2.05. The van der Waals surface area contributed by atoms with Crippen molar-refractivity contribution in [1.82, 2.24) is 9.97 Å². The van der Waals surface area contributed by atoms with Crippen LogP contribution in [0.15, 0.2) is 30.6 Å². The van der Waals surface area contributed by atoms with Gasteiger partial charge in [-0.15, -0.1) is 0 Å². The average Bonchev–Trinajstić information content (AvgIpc) is 2.28. The first-order chi connectivity index (χ1) is 7.69. The predicted molar refractivity (Wildman–Crippen MR) is 57.2 cm³/mol. The predicted octanol–water partition coefficient (Wildman–Crippen LogP) is 2.81. The number of hydrogen-bond acceptors (Lipinski definition) is 3. The molecule has 3 nitrogen and oxygen atoms in total. The Kier molecular flexibility index (Phi) is 2.80. The van der Waals surface area contributed by atoms with Gasteiger partial charge in [-0.05, 0) is 18.2 Å². The molecule has 0 unspecified atom stereocenters. The molecule has 0 spiro atoms. The highest BCUT2D eigenvalue weighted by Crippen LogP contribution is 2.21. The van der Waals surface area contributed by atoms with Crippen LogP contribution in [0.3, 0.4) is 0 Å². The summed E-state index contributed by atoms with van der Waals surface area (Å²) >= 11 is 5.70. The van der Waals surface area contributed by atoms with E-state index in [9.17, 15) is 4.39 Å². The Bertz CT molecular complexity index is 578. The van der Waals surface area contributed by atoms with Gasteiger partial charge in [-0.3, -0.25) is 0 Å². The third-order valence-corrected chi connectivity index (χ3v) is 2.16. The normalized spacial score (nSPS) is 9.81. The monoisotopic (exact) mass is 233 g/mol. The number of halogens is 2. The Labute approximate surface area is 96.2 Å². The van der Waals surface area contributed by atoms with Crippen LogP contribution in [0.25, 0.3) is 11.3 Å². The minimum atomic E-state index is -0.483. The lowest BCUT2D eigenvalue weighted by atomic mass is 10.1. The molecule has 2 aromatic rings. The molecule has 0 fully saturated rings. The standard InChI is InChI=1S/C11H5ClFN3/c12-11-4-10(15-6-16-11)8-1-7(5-14)2-9(13)3-8/h1-4,6H. The molecule has 0 bridgehead atoms. The molecule has 1 aromatic carbocycles. The molecule has 0 aliphatic heterocycles. The Morgan fingerprint density at radius 2 is 2.00 bits per heavy atom. The molecule has 0 aliphatic carbocycles. The van der Waals surface area contributed by atoms with E-state index >= 15 is 0 Å². The van der Waals surface area contributed by atoms with Gasteiger partial charge in [0.05, 0.1) is 17.3 Å². The SMILES string of the molecule is N#Cc1cc(F)cc(-c2cc(Cl)ncn2)c1. The summed E-state index contributed by atoms with van der Waals surface area (Å²) in [6.07, 6.45) is 1.29. The molecule has 0 radical (unpaired) electrons. The summed E-state index contributed by atoms with van der Waals surface area (Å²) in [4.78, 5) is 7.68. The second-order valence-electron chi connectivity index (χ2n) is 3.07. The van der Waals surface area contributed by atoms with Gasteiger partial charge >= 0.3 is 0 Å². The molecule has 0 aliphatic rings. The Morgan fingerprint density at radius 3 is 2.69 bits per heavy atom. The molecule has 2 rings (SSSR count). The van der Waals surface area contributed by atoms with Gasteiger partial charge in [-0.2, -0.15) is 5.26 Å². The molecule has 0 N–H and O–H groups in total. The lowest BCUT2D eigenvalue weighted by Crippen LogP contribution is -1.88. The van der Waals surface area contributed by atoms with Crippen molar-refractivity contribution in [2.24, 2.45) is 0 Å². The second kappa shape index (κ2) is 4.25. The summed E-state index contributed by atoms with van der Waals surface area (Å²) in [5.41, 5.74) is 1.22. The van der Waals surface area contributed by atoms with Crippen LogP contribution in [0.4, 0.5) is 4.39 Å². The molecule has 0 atom stereocenters. The summed E-state index contributed by atoms with van der Waals surface area (Å²) in [7, 11) is 0. The van der Waals surface area contributed by atoms with Crippen molar-refractivity contribution in [3.8, 4) is 17.3 Å². The van der Waals surface area contributed by atoms with Crippen molar-refractivity contribution in [2.45, 2.75) is 0 Å². The first-order valence-electron chi connectivity index (χ1n) is 4.37. The number of nitriles is 1. The van der Waals surface area contributed by atoms with Gasteiger partial charge < -0.3 is 0 Å². The zero-order valence-electron chi connectivity index (χ0n) is 7.98. The second-order valence-corrected chi connectivity index (χ2v) is 3.45. The summed E-state index contributed by atoms with van der Waals surface area (Å²) in [6, 6.07) is 7.38. The van der Waals surface area contributed by atoms with Crippen molar-refractivity contribution in [3.05, 3.63) is 47.1 Å². The average molecular weight is 234 g/mol. The molecule has 5 heteroatoms. The third-order valence-electron chi connectivity index (χ3n) is 1.96. The van der Waals surface area contributed by atoms with Gasteiger partial charge in [0.2, 0.25) is 0 Å². The summed E-state index contributed by atoms with van der Waals surface area (Å²) in [5.74, 6) is -0.483. The van der Waals surface area contributed by atoms with E-state index in [1.165, 1.54) is 18.5 Å².